The quantitative estimate of drug-likeness (QED) is 0.684. The molecule has 138 valence electrons. The Kier molecular flexibility index (Phi) is 4.26. The molecular weight excluding hydrogens is 358 g/mol. The predicted molar refractivity (Wildman–Crippen MR) is 103 cm³/mol. The van der Waals surface area contributed by atoms with Gasteiger partial charge < -0.3 is 4.90 Å². The van der Waals surface area contributed by atoms with Gasteiger partial charge in [-0.05, 0) is 41.2 Å². The lowest BCUT2D eigenvalue weighted by molar-refractivity contribution is -0.129. The first-order chi connectivity index (χ1) is 13.3. The van der Waals surface area contributed by atoms with E-state index in [1.54, 1.807) is 6.20 Å². The summed E-state index contributed by atoms with van der Waals surface area (Å²) in [6.07, 6.45) is 7.32. The molecule has 0 aliphatic carbocycles. The maximum absolute atomic E-state index is 12.8. The number of carbonyl (C=O) groups excluding carboxylic acids is 1. The van der Waals surface area contributed by atoms with Gasteiger partial charge in [0.05, 0.1) is 5.69 Å². The Hall–Kier alpha value is -2.51. The van der Waals surface area contributed by atoms with Crippen LogP contribution < -0.4 is 0 Å². The van der Waals surface area contributed by atoms with Crippen molar-refractivity contribution in [2.24, 2.45) is 0 Å². The number of likely N-dealkylation sites (tertiary alicyclic amines) is 2. The zero-order valence-electron chi connectivity index (χ0n) is 14.9. The molecule has 0 radical (unpaired) electrons. The van der Waals surface area contributed by atoms with Gasteiger partial charge in [-0.15, -0.1) is 0 Å². The normalized spacial score (nSPS) is 22.5. The van der Waals surface area contributed by atoms with E-state index in [1.807, 2.05) is 35.3 Å². The number of para-hydroxylation sites is 1. The van der Waals surface area contributed by atoms with Gasteiger partial charge in [0.15, 0.2) is 0 Å². The van der Waals surface area contributed by atoms with Gasteiger partial charge in [0.2, 0.25) is 5.91 Å². The highest BCUT2D eigenvalue weighted by atomic mass is 32.1. The molecule has 2 atom stereocenters. The van der Waals surface area contributed by atoms with Crippen LogP contribution in [-0.2, 0) is 17.9 Å². The van der Waals surface area contributed by atoms with Crippen molar-refractivity contribution in [3.63, 3.8) is 0 Å². The van der Waals surface area contributed by atoms with Crippen molar-refractivity contribution >= 4 is 17.4 Å². The van der Waals surface area contributed by atoms with Crippen molar-refractivity contribution in [1.29, 1.82) is 0 Å². The summed E-state index contributed by atoms with van der Waals surface area (Å²) >= 11 is 1.49. The van der Waals surface area contributed by atoms with Gasteiger partial charge in [0.1, 0.15) is 0 Å². The molecule has 2 aliphatic rings. The summed E-state index contributed by atoms with van der Waals surface area (Å²) in [5, 5.41) is 6.46. The monoisotopic (exact) mass is 379 g/mol. The third kappa shape index (κ3) is 3.07. The molecule has 7 heteroatoms. The predicted octanol–water partition coefficient (Wildman–Crippen LogP) is 2.70. The zero-order valence-corrected chi connectivity index (χ0v) is 15.8. The summed E-state index contributed by atoms with van der Waals surface area (Å²) < 4.78 is 6.07. The molecule has 2 saturated heterocycles. The molecule has 2 aliphatic heterocycles. The fourth-order valence-electron chi connectivity index (χ4n) is 4.41. The smallest absolute Gasteiger partial charge is 0.224 e. The number of aromatic nitrogens is 3. The molecule has 2 fully saturated rings. The minimum absolute atomic E-state index is 0.258. The molecule has 0 N–H and O–H groups in total. The number of carbonyl (C=O) groups is 1. The van der Waals surface area contributed by atoms with E-state index < -0.39 is 0 Å². The molecule has 5 rings (SSSR count). The van der Waals surface area contributed by atoms with Crippen LogP contribution in [0.25, 0.3) is 5.69 Å². The average Bonchev–Trinajstić information content (AvgIpc) is 3.46. The summed E-state index contributed by atoms with van der Waals surface area (Å²) in [6, 6.07) is 10.7. The van der Waals surface area contributed by atoms with Crippen LogP contribution in [0.2, 0.25) is 0 Å². The average molecular weight is 379 g/mol. The van der Waals surface area contributed by atoms with E-state index in [2.05, 4.69) is 36.8 Å². The number of nitrogens with zero attached hydrogens (tertiary/aromatic N) is 5. The van der Waals surface area contributed by atoms with Gasteiger partial charge in [0, 0.05) is 62.1 Å². The molecule has 3 aromatic rings. The van der Waals surface area contributed by atoms with Gasteiger partial charge in [0.25, 0.3) is 0 Å². The number of rotatable bonds is 5. The summed E-state index contributed by atoms with van der Waals surface area (Å²) in [5.74, 6) is 0.258. The molecule has 2 aromatic heterocycles. The van der Waals surface area contributed by atoms with Gasteiger partial charge in [-0.1, -0.05) is 18.2 Å². The second-order valence-corrected chi connectivity index (χ2v) is 7.89. The molecule has 6 nitrogen and oxygen atoms in total. The van der Waals surface area contributed by atoms with Gasteiger partial charge in [-0.25, -0.2) is 9.06 Å². The number of hydrogen-bond donors (Lipinski definition) is 0. The van der Waals surface area contributed by atoms with E-state index >= 15 is 0 Å². The molecule has 1 amide bonds. The minimum Gasteiger partial charge on any atom is -0.334 e. The number of benzene rings is 1. The van der Waals surface area contributed by atoms with Crippen LogP contribution >= 0.6 is 11.5 Å². The summed E-state index contributed by atoms with van der Waals surface area (Å²) in [6.45, 7) is 2.57. The topological polar surface area (TPSA) is 54.3 Å². The highest BCUT2D eigenvalue weighted by molar-refractivity contribution is 7.03. The molecule has 27 heavy (non-hydrogen) atoms. The van der Waals surface area contributed by atoms with Crippen LogP contribution in [0.1, 0.15) is 24.0 Å². The van der Waals surface area contributed by atoms with E-state index in [-0.39, 0.29) is 5.91 Å². The van der Waals surface area contributed by atoms with E-state index in [9.17, 15) is 4.79 Å². The highest BCUT2D eigenvalue weighted by Gasteiger charge is 2.46. The Labute approximate surface area is 162 Å². The van der Waals surface area contributed by atoms with Crippen molar-refractivity contribution in [2.45, 2.75) is 38.0 Å². The third-order valence-electron chi connectivity index (χ3n) is 5.68. The Balaban J connectivity index is 1.36. The highest BCUT2D eigenvalue weighted by Crippen LogP contribution is 2.35. The zero-order chi connectivity index (χ0) is 18.2. The number of hydrogen-bond acceptors (Lipinski definition) is 5. The minimum atomic E-state index is 0.258. The second kappa shape index (κ2) is 6.90. The first-order valence-corrected chi connectivity index (χ1v) is 10.1. The molecule has 0 bridgehead atoms. The molecule has 1 aromatic carbocycles. The van der Waals surface area contributed by atoms with Crippen LogP contribution in [-0.4, -0.2) is 48.5 Å². The van der Waals surface area contributed by atoms with Crippen LogP contribution in [0.15, 0.2) is 54.3 Å². The van der Waals surface area contributed by atoms with Gasteiger partial charge in [-0.2, -0.15) is 5.10 Å². The molecule has 0 spiro atoms. The van der Waals surface area contributed by atoms with Crippen LogP contribution in [0.5, 0.6) is 0 Å². The van der Waals surface area contributed by atoms with Gasteiger partial charge in [-0.3, -0.25) is 9.69 Å². The van der Waals surface area contributed by atoms with Crippen LogP contribution in [0.4, 0.5) is 0 Å². The van der Waals surface area contributed by atoms with E-state index in [0.29, 0.717) is 25.0 Å². The largest absolute Gasteiger partial charge is 0.334 e. The summed E-state index contributed by atoms with van der Waals surface area (Å²) in [4.78, 5) is 17.3. The van der Waals surface area contributed by atoms with Crippen molar-refractivity contribution in [3.8, 4) is 5.69 Å². The maximum Gasteiger partial charge on any atom is 0.224 e. The van der Waals surface area contributed by atoms with E-state index in [0.717, 1.165) is 30.8 Å². The second-order valence-electron chi connectivity index (χ2n) is 7.23. The molecular formula is C20H21N5OS. The summed E-state index contributed by atoms with van der Waals surface area (Å²) in [7, 11) is 0. The fraction of sp³-hybridized carbons (Fsp3) is 0.350. The Morgan fingerprint density at radius 2 is 2.07 bits per heavy atom. The van der Waals surface area contributed by atoms with Gasteiger partial charge >= 0.3 is 0 Å². The van der Waals surface area contributed by atoms with Crippen molar-refractivity contribution in [3.05, 3.63) is 65.4 Å². The van der Waals surface area contributed by atoms with Crippen LogP contribution in [0, 0.1) is 0 Å². The SMILES string of the molecule is O=C1C[C@H]2[C@H](CCN2Cc2cnsc2)N1Cc1ccccc1-n1cccn1. The Morgan fingerprint density at radius 3 is 2.89 bits per heavy atom. The summed E-state index contributed by atoms with van der Waals surface area (Å²) in [5.41, 5.74) is 3.42. The van der Waals surface area contributed by atoms with E-state index in [1.165, 1.54) is 17.1 Å². The molecule has 0 unspecified atom stereocenters. The molecule has 4 heterocycles. The standard InChI is InChI=1S/C20H21N5OS/c26-20-10-19-18(6-9-23(19)12-15-11-22-27-14-15)24(20)13-16-4-1-2-5-17(16)25-8-3-7-21-25/h1-5,7-8,11,14,18-19H,6,9-10,12-13H2/t18-,19-/m0/s1. The maximum atomic E-state index is 12.8. The lowest BCUT2D eigenvalue weighted by Gasteiger charge is -2.26. The third-order valence-corrected chi connectivity index (χ3v) is 6.32. The fourth-order valence-corrected chi connectivity index (χ4v) is 4.94. The first-order valence-electron chi connectivity index (χ1n) is 9.29. The van der Waals surface area contributed by atoms with Crippen LogP contribution in [0.3, 0.4) is 0 Å². The first kappa shape index (κ1) is 16.6. The number of fused-ring (bicyclic) bond motifs is 1. The lowest BCUT2D eigenvalue weighted by atomic mass is 10.1. The van der Waals surface area contributed by atoms with Crippen molar-refractivity contribution in [1.82, 2.24) is 24.0 Å². The van der Waals surface area contributed by atoms with Crippen molar-refractivity contribution in [2.75, 3.05) is 6.54 Å². The lowest BCUT2D eigenvalue weighted by Crippen LogP contribution is -2.36. The number of amides is 1. The molecule has 0 saturated carbocycles. The Bertz CT molecular complexity index is 924. The van der Waals surface area contributed by atoms with Crippen molar-refractivity contribution < 1.29 is 4.79 Å². The van der Waals surface area contributed by atoms with E-state index in [4.69, 9.17) is 0 Å². The Morgan fingerprint density at radius 1 is 1.15 bits per heavy atom.